The first-order valence-electron chi connectivity index (χ1n) is 5.15. The Morgan fingerprint density at radius 3 is 2.20 bits per heavy atom. The predicted octanol–water partition coefficient (Wildman–Crippen LogP) is 3.25. The van der Waals surface area contributed by atoms with Gasteiger partial charge in [0.25, 0.3) is 0 Å². The second kappa shape index (κ2) is 5.17. The van der Waals surface area contributed by atoms with Gasteiger partial charge in [0.1, 0.15) is 12.1 Å². The smallest absolute Gasteiger partial charge is 0.426 e. The summed E-state index contributed by atoms with van der Waals surface area (Å²) in [6, 6.07) is 4.63. The van der Waals surface area contributed by atoms with E-state index in [0.29, 0.717) is 5.69 Å². The number of hydrazine groups is 1. The Labute approximate surface area is 118 Å². The molecule has 110 valence electrons. The monoisotopic (exact) mass is 359 g/mol. The number of hydrogen-bond acceptors (Lipinski definition) is 4. The molecule has 1 N–H and O–H groups in total. The zero-order chi connectivity index (χ0) is 15.0. The summed E-state index contributed by atoms with van der Waals surface area (Å²) < 4.78 is 64.9. The summed E-state index contributed by atoms with van der Waals surface area (Å²) in [6.07, 6.45) is -9.57. The fourth-order valence-corrected chi connectivity index (χ4v) is 1.65. The SMILES string of the molecule is FC(F)(F)C(F)(F)Oc1ccc(N2C=NC(Br)N2)cc1. The van der Waals surface area contributed by atoms with Gasteiger partial charge in [-0.2, -0.15) is 27.4 Å². The largest absolute Gasteiger partial charge is 0.499 e. The summed E-state index contributed by atoms with van der Waals surface area (Å²) in [4.78, 5) is 3.91. The molecule has 20 heavy (non-hydrogen) atoms. The number of anilines is 1. The Morgan fingerprint density at radius 2 is 1.75 bits per heavy atom. The van der Waals surface area contributed by atoms with Crippen LogP contribution in [-0.2, 0) is 0 Å². The van der Waals surface area contributed by atoms with Gasteiger partial charge in [0.15, 0.2) is 5.08 Å². The van der Waals surface area contributed by atoms with E-state index in [0.717, 1.165) is 12.1 Å². The molecule has 0 bridgehead atoms. The Kier molecular flexibility index (Phi) is 3.87. The first-order chi connectivity index (χ1) is 9.19. The molecule has 1 aliphatic rings. The molecular formula is C10H7BrF5N3O. The van der Waals surface area contributed by atoms with Crippen molar-refractivity contribution in [3.63, 3.8) is 0 Å². The van der Waals surface area contributed by atoms with Crippen molar-refractivity contribution < 1.29 is 26.7 Å². The molecular weight excluding hydrogens is 353 g/mol. The second-order valence-corrected chi connectivity index (χ2v) is 4.58. The number of nitrogens with one attached hydrogen (secondary N) is 1. The van der Waals surface area contributed by atoms with E-state index in [1.807, 2.05) is 0 Å². The summed E-state index contributed by atoms with van der Waals surface area (Å²) in [5.74, 6) is -0.595. The molecule has 1 heterocycles. The highest BCUT2D eigenvalue weighted by Gasteiger charge is 2.61. The van der Waals surface area contributed by atoms with E-state index in [2.05, 4.69) is 31.1 Å². The van der Waals surface area contributed by atoms with Crippen LogP contribution in [0, 0.1) is 0 Å². The Balaban J connectivity index is 2.08. The lowest BCUT2D eigenvalue weighted by atomic mass is 10.3. The van der Waals surface area contributed by atoms with Crippen LogP contribution in [0.4, 0.5) is 27.6 Å². The van der Waals surface area contributed by atoms with Gasteiger partial charge in [-0.05, 0) is 40.2 Å². The van der Waals surface area contributed by atoms with E-state index < -0.39 is 18.0 Å². The first kappa shape index (κ1) is 15.0. The van der Waals surface area contributed by atoms with Crippen LogP contribution in [0.25, 0.3) is 0 Å². The van der Waals surface area contributed by atoms with Crippen molar-refractivity contribution in [3.05, 3.63) is 24.3 Å². The molecule has 1 unspecified atom stereocenters. The number of hydrogen-bond donors (Lipinski definition) is 1. The number of ether oxygens (including phenoxy) is 1. The number of benzene rings is 1. The van der Waals surface area contributed by atoms with Crippen molar-refractivity contribution in [2.75, 3.05) is 5.01 Å². The fourth-order valence-electron chi connectivity index (χ4n) is 1.33. The molecule has 10 heteroatoms. The van der Waals surface area contributed by atoms with Crippen LogP contribution in [0.1, 0.15) is 0 Å². The summed E-state index contributed by atoms with van der Waals surface area (Å²) >= 11 is 3.15. The topological polar surface area (TPSA) is 36.9 Å². The lowest BCUT2D eigenvalue weighted by Gasteiger charge is -2.21. The summed E-state index contributed by atoms with van der Waals surface area (Å²) in [7, 11) is 0. The van der Waals surface area contributed by atoms with Crippen LogP contribution in [0.3, 0.4) is 0 Å². The number of nitrogens with zero attached hydrogens (tertiary/aromatic N) is 2. The van der Waals surface area contributed by atoms with Crippen LogP contribution in [0.2, 0.25) is 0 Å². The Morgan fingerprint density at radius 1 is 1.15 bits per heavy atom. The molecule has 0 aromatic heterocycles. The van der Waals surface area contributed by atoms with E-state index in [-0.39, 0.29) is 5.08 Å². The van der Waals surface area contributed by atoms with Gasteiger partial charge in [-0.3, -0.25) is 5.01 Å². The van der Waals surface area contributed by atoms with Gasteiger partial charge in [0.2, 0.25) is 0 Å². The van der Waals surface area contributed by atoms with Gasteiger partial charge >= 0.3 is 12.3 Å². The molecule has 0 spiro atoms. The molecule has 1 aliphatic heterocycles. The first-order valence-corrected chi connectivity index (χ1v) is 6.07. The van der Waals surface area contributed by atoms with Crippen LogP contribution in [-0.4, -0.2) is 23.7 Å². The molecule has 0 fully saturated rings. The maximum atomic E-state index is 12.7. The highest BCUT2D eigenvalue weighted by molar-refractivity contribution is 9.09. The zero-order valence-corrected chi connectivity index (χ0v) is 11.1. The molecule has 1 aromatic carbocycles. The summed E-state index contributed by atoms with van der Waals surface area (Å²) in [5, 5.41) is 1.14. The lowest BCUT2D eigenvalue weighted by Crippen LogP contribution is -2.41. The average molecular weight is 360 g/mol. The minimum Gasteiger partial charge on any atom is -0.426 e. The molecule has 0 saturated heterocycles. The van der Waals surface area contributed by atoms with Crippen molar-refractivity contribution in [2.45, 2.75) is 17.4 Å². The van der Waals surface area contributed by atoms with E-state index in [1.54, 1.807) is 0 Å². The molecule has 2 rings (SSSR count). The molecule has 0 amide bonds. The van der Waals surface area contributed by atoms with Gasteiger partial charge in [0.05, 0.1) is 5.69 Å². The molecule has 1 atom stereocenters. The highest BCUT2D eigenvalue weighted by atomic mass is 79.9. The van der Waals surface area contributed by atoms with Crippen molar-refractivity contribution in [3.8, 4) is 5.75 Å². The molecule has 0 aliphatic carbocycles. The van der Waals surface area contributed by atoms with Crippen molar-refractivity contribution in [1.29, 1.82) is 0 Å². The van der Waals surface area contributed by atoms with Gasteiger partial charge in [-0.1, -0.05) is 0 Å². The van der Waals surface area contributed by atoms with E-state index in [4.69, 9.17) is 0 Å². The highest BCUT2D eigenvalue weighted by Crippen LogP contribution is 2.37. The molecule has 0 saturated carbocycles. The second-order valence-electron chi connectivity index (χ2n) is 3.71. The number of rotatable bonds is 3. The van der Waals surface area contributed by atoms with E-state index in [1.165, 1.54) is 23.5 Å². The van der Waals surface area contributed by atoms with Crippen LogP contribution < -0.4 is 15.2 Å². The Hall–Kier alpha value is -1.42. The molecule has 1 aromatic rings. The Bertz CT molecular complexity index is 505. The third kappa shape index (κ3) is 3.18. The van der Waals surface area contributed by atoms with Crippen LogP contribution in [0.5, 0.6) is 5.75 Å². The third-order valence-corrected chi connectivity index (χ3v) is 2.69. The lowest BCUT2D eigenvalue weighted by molar-refractivity contribution is -0.360. The van der Waals surface area contributed by atoms with Crippen molar-refractivity contribution in [1.82, 2.24) is 5.43 Å². The third-order valence-electron chi connectivity index (χ3n) is 2.25. The van der Waals surface area contributed by atoms with Crippen molar-refractivity contribution >= 4 is 28.0 Å². The standard InChI is InChI=1S/C10H7BrF5N3O/c11-8-17-5-19(18-8)6-1-3-7(4-2-6)20-10(15,16)9(12,13)14/h1-5,8,18H. The van der Waals surface area contributed by atoms with Gasteiger partial charge in [-0.15, -0.1) is 0 Å². The molecule has 4 nitrogen and oxygen atoms in total. The number of halogens is 6. The fraction of sp³-hybridized carbons (Fsp3) is 0.300. The average Bonchev–Trinajstić information content (AvgIpc) is 2.75. The number of aliphatic imine (C=N–C) groups is 1. The summed E-state index contributed by atoms with van der Waals surface area (Å²) in [6.45, 7) is 0. The van der Waals surface area contributed by atoms with Crippen molar-refractivity contribution in [2.24, 2.45) is 4.99 Å². The van der Waals surface area contributed by atoms with Gasteiger partial charge in [0, 0.05) is 0 Å². The van der Waals surface area contributed by atoms with Gasteiger partial charge < -0.3 is 4.74 Å². The minimum absolute atomic E-state index is 0.326. The van der Waals surface area contributed by atoms with Gasteiger partial charge in [-0.25, -0.2) is 4.99 Å². The molecule has 0 radical (unpaired) electrons. The maximum absolute atomic E-state index is 12.7. The van der Waals surface area contributed by atoms with E-state index >= 15 is 0 Å². The van der Waals surface area contributed by atoms with Crippen LogP contribution >= 0.6 is 15.9 Å². The normalized spacial score (nSPS) is 19.5. The zero-order valence-electron chi connectivity index (χ0n) is 9.53. The number of alkyl halides is 6. The maximum Gasteiger partial charge on any atom is 0.499 e. The minimum atomic E-state index is -5.77. The van der Waals surface area contributed by atoms with E-state index in [9.17, 15) is 22.0 Å². The predicted molar refractivity (Wildman–Crippen MR) is 64.9 cm³/mol. The summed E-state index contributed by atoms with van der Waals surface area (Å²) in [5.41, 5.74) is 3.32. The quantitative estimate of drug-likeness (QED) is 0.511. The van der Waals surface area contributed by atoms with Crippen LogP contribution in [0.15, 0.2) is 29.3 Å².